The van der Waals surface area contributed by atoms with Crippen LogP contribution in [0.4, 0.5) is 0 Å². The molecular weight excluding hydrogens is 570 g/mol. The van der Waals surface area contributed by atoms with E-state index in [0.29, 0.717) is 25.9 Å². The SMILES string of the molecule is COc1ccc(C(OC[C@@H]2CN(C(=O)CCCCCCCCC=O)C[C@@H](CO)O2)(c2ccccc2)c2ccc(OC)cc2)cc1. The van der Waals surface area contributed by atoms with Crippen LogP contribution in [0.5, 0.6) is 11.5 Å². The molecule has 1 N–H and O–H groups in total. The summed E-state index contributed by atoms with van der Waals surface area (Å²) in [6.07, 6.45) is 7.07. The van der Waals surface area contributed by atoms with Crippen molar-refractivity contribution in [2.45, 2.75) is 69.2 Å². The van der Waals surface area contributed by atoms with E-state index in [1.165, 1.54) is 0 Å². The Morgan fingerprint density at radius 3 is 1.89 bits per heavy atom. The molecule has 1 aliphatic rings. The molecule has 242 valence electrons. The summed E-state index contributed by atoms with van der Waals surface area (Å²) < 4.78 is 24.1. The zero-order chi connectivity index (χ0) is 31.9. The molecule has 1 aliphatic heterocycles. The third kappa shape index (κ3) is 9.16. The number of hydrogen-bond acceptors (Lipinski definition) is 7. The van der Waals surface area contributed by atoms with E-state index in [9.17, 15) is 14.7 Å². The first-order valence-corrected chi connectivity index (χ1v) is 16.0. The van der Waals surface area contributed by atoms with Crippen molar-refractivity contribution >= 4 is 12.2 Å². The molecule has 1 amide bonds. The number of benzene rings is 3. The van der Waals surface area contributed by atoms with Gasteiger partial charge in [-0.05, 0) is 53.8 Å². The maximum atomic E-state index is 13.3. The van der Waals surface area contributed by atoms with Gasteiger partial charge in [-0.15, -0.1) is 0 Å². The lowest BCUT2D eigenvalue weighted by atomic mass is 9.80. The Kier molecular flexibility index (Phi) is 13.4. The third-order valence-corrected chi connectivity index (χ3v) is 8.41. The summed E-state index contributed by atoms with van der Waals surface area (Å²) in [6, 6.07) is 25.8. The number of aliphatic hydroxyl groups excluding tert-OH is 1. The lowest BCUT2D eigenvalue weighted by molar-refractivity contribution is -0.160. The van der Waals surface area contributed by atoms with Gasteiger partial charge in [-0.25, -0.2) is 0 Å². The van der Waals surface area contributed by atoms with Gasteiger partial charge in [0.2, 0.25) is 5.91 Å². The van der Waals surface area contributed by atoms with Gasteiger partial charge >= 0.3 is 0 Å². The molecule has 0 radical (unpaired) electrons. The minimum absolute atomic E-state index is 0.0716. The number of aldehydes is 1. The molecule has 0 aliphatic carbocycles. The minimum atomic E-state index is -1.00. The molecule has 8 nitrogen and oxygen atoms in total. The third-order valence-electron chi connectivity index (χ3n) is 8.41. The van der Waals surface area contributed by atoms with Gasteiger partial charge < -0.3 is 33.7 Å². The van der Waals surface area contributed by atoms with Crippen molar-refractivity contribution in [3.8, 4) is 11.5 Å². The Bertz CT molecular complexity index is 1250. The number of aliphatic hydroxyl groups is 1. The first-order chi connectivity index (χ1) is 22.0. The molecule has 0 bridgehead atoms. The van der Waals surface area contributed by atoms with Crippen LogP contribution >= 0.6 is 0 Å². The molecule has 8 heteroatoms. The van der Waals surface area contributed by atoms with E-state index in [0.717, 1.165) is 73.0 Å². The first-order valence-electron chi connectivity index (χ1n) is 16.0. The quantitative estimate of drug-likeness (QED) is 0.108. The summed E-state index contributed by atoms with van der Waals surface area (Å²) in [7, 11) is 3.28. The first kappa shape index (κ1) is 34.2. The van der Waals surface area contributed by atoms with Crippen molar-refractivity contribution in [1.29, 1.82) is 0 Å². The van der Waals surface area contributed by atoms with E-state index in [1.807, 2.05) is 83.8 Å². The number of carbonyl (C=O) groups excluding carboxylic acids is 2. The normalized spacial score (nSPS) is 16.7. The van der Waals surface area contributed by atoms with E-state index < -0.39 is 17.8 Å². The molecule has 45 heavy (non-hydrogen) atoms. The average molecular weight is 618 g/mol. The van der Waals surface area contributed by atoms with Crippen molar-refractivity contribution < 1.29 is 33.6 Å². The number of morpholine rings is 1. The van der Waals surface area contributed by atoms with Gasteiger partial charge in [0.1, 0.15) is 23.4 Å². The second-order valence-corrected chi connectivity index (χ2v) is 11.5. The standard InChI is InChI=1S/C37H47NO7/c1-42-32-20-16-30(17-21-32)37(29-13-9-8-10-14-29,31-18-22-33(43-2)23-19-31)44-28-35-26-38(25-34(27-40)45-35)36(41)15-11-6-4-3-5-7-12-24-39/h8-10,13-14,16-24,34-35,40H,3-7,11-12,15,25-28H2,1-2H3/t34-,35-/m0/s1. The number of nitrogens with zero attached hydrogens (tertiary/aromatic N) is 1. The Hall–Kier alpha value is -3.72. The Morgan fingerprint density at radius 2 is 1.33 bits per heavy atom. The maximum Gasteiger partial charge on any atom is 0.222 e. The number of hydrogen-bond donors (Lipinski definition) is 1. The van der Waals surface area contributed by atoms with Gasteiger partial charge in [0.05, 0.1) is 39.6 Å². The van der Waals surface area contributed by atoms with E-state index in [2.05, 4.69) is 0 Å². The molecule has 4 rings (SSSR count). The predicted octanol–water partition coefficient (Wildman–Crippen LogP) is 5.92. The van der Waals surface area contributed by atoms with Crippen LogP contribution < -0.4 is 9.47 Å². The average Bonchev–Trinajstić information content (AvgIpc) is 3.10. The zero-order valence-electron chi connectivity index (χ0n) is 26.6. The fourth-order valence-electron chi connectivity index (χ4n) is 5.98. The highest BCUT2D eigenvalue weighted by Gasteiger charge is 2.40. The predicted molar refractivity (Wildman–Crippen MR) is 174 cm³/mol. The molecule has 2 atom stereocenters. The highest BCUT2D eigenvalue weighted by atomic mass is 16.6. The number of rotatable bonds is 18. The van der Waals surface area contributed by atoms with Gasteiger partial charge in [0, 0.05) is 25.9 Å². The number of unbranched alkanes of at least 4 members (excludes halogenated alkanes) is 6. The monoisotopic (exact) mass is 617 g/mol. The largest absolute Gasteiger partial charge is 0.497 e. The van der Waals surface area contributed by atoms with Crippen LogP contribution in [0.15, 0.2) is 78.9 Å². The molecule has 3 aromatic carbocycles. The number of amides is 1. The van der Waals surface area contributed by atoms with E-state index in [4.69, 9.17) is 18.9 Å². The summed E-state index contributed by atoms with van der Waals surface area (Å²) in [5.41, 5.74) is 1.76. The van der Waals surface area contributed by atoms with Crippen LogP contribution in [0.1, 0.15) is 68.1 Å². The molecule has 1 fully saturated rings. The second-order valence-electron chi connectivity index (χ2n) is 11.5. The molecule has 0 spiro atoms. The van der Waals surface area contributed by atoms with Crippen LogP contribution in [-0.4, -0.2) is 74.9 Å². The summed E-state index contributed by atoms with van der Waals surface area (Å²) >= 11 is 0. The van der Waals surface area contributed by atoms with Crippen molar-refractivity contribution in [2.75, 3.05) is 40.5 Å². The zero-order valence-corrected chi connectivity index (χ0v) is 26.6. The van der Waals surface area contributed by atoms with E-state index in [-0.39, 0.29) is 19.1 Å². The van der Waals surface area contributed by atoms with Crippen LogP contribution in [-0.2, 0) is 24.7 Å². The number of methoxy groups -OCH3 is 2. The highest BCUT2D eigenvalue weighted by molar-refractivity contribution is 5.76. The Balaban J connectivity index is 1.53. The molecule has 1 heterocycles. The number of ether oxygens (including phenoxy) is 4. The fourth-order valence-corrected chi connectivity index (χ4v) is 5.98. The van der Waals surface area contributed by atoms with Crippen molar-refractivity contribution in [3.05, 3.63) is 95.6 Å². The minimum Gasteiger partial charge on any atom is -0.497 e. The Labute approximate surface area is 267 Å². The van der Waals surface area contributed by atoms with Gasteiger partial charge in [-0.1, -0.05) is 80.3 Å². The van der Waals surface area contributed by atoms with Gasteiger partial charge in [-0.3, -0.25) is 4.79 Å². The molecule has 0 unspecified atom stereocenters. The van der Waals surface area contributed by atoms with Crippen LogP contribution in [0.3, 0.4) is 0 Å². The molecular formula is C37H47NO7. The summed E-state index contributed by atoms with van der Waals surface area (Å²) in [5, 5.41) is 10.1. The molecule has 0 aromatic heterocycles. The maximum absolute atomic E-state index is 13.3. The van der Waals surface area contributed by atoms with Crippen LogP contribution in [0.25, 0.3) is 0 Å². The van der Waals surface area contributed by atoms with Gasteiger partial charge in [-0.2, -0.15) is 0 Å². The van der Waals surface area contributed by atoms with E-state index in [1.54, 1.807) is 14.2 Å². The summed E-state index contributed by atoms with van der Waals surface area (Å²) in [6.45, 7) is 0.755. The van der Waals surface area contributed by atoms with Crippen molar-refractivity contribution in [2.24, 2.45) is 0 Å². The highest BCUT2D eigenvalue weighted by Crippen LogP contribution is 2.42. The van der Waals surface area contributed by atoms with E-state index >= 15 is 0 Å². The Morgan fingerprint density at radius 1 is 0.800 bits per heavy atom. The summed E-state index contributed by atoms with van der Waals surface area (Å²) in [5.74, 6) is 1.55. The van der Waals surface area contributed by atoms with Crippen LogP contribution in [0, 0.1) is 0 Å². The lowest BCUT2D eigenvalue weighted by Gasteiger charge is -2.41. The fraction of sp³-hybridized carbons (Fsp3) is 0.459. The molecule has 3 aromatic rings. The number of carbonyl (C=O) groups is 2. The smallest absolute Gasteiger partial charge is 0.222 e. The van der Waals surface area contributed by atoms with Crippen LogP contribution in [0.2, 0.25) is 0 Å². The second kappa shape index (κ2) is 17.7. The lowest BCUT2D eigenvalue weighted by Crippen LogP contribution is -2.53. The molecule has 0 saturated carbocycles. The van der Waals surface area contributed by atoms with Crippen molar-refractivity contribution in [1.82, 2.24) is 4.90 Å². The van der Waals surface area contributed by atoms with Crippen molar-refractivity contribution in [3.63, 3.8) is 0 Å². The van der Waals surface area contributed by atoms with Gasteiger partial charge in [0.15, 0.2) is 0 Å². The van der Waals surface area contributed by atoms with Gasteiger partial charge in [0.25, 0.3) is 0 Å². The molecule has 1 saturated heterocycles. The summed E-state index contributed by atoms with van der Waals surface area (Å²) in [4.78, 5) is 25.5. The topological polar surface area (TPSA) is 94.5 Å².